The van der Waals surface area contributed by atoms with Crippen molar-refractivity contribution in [3.05, 3.63) is 0 Å². The molecule has 0 bridgehead atoms. The van der Waals surface area contributed by atoms with E-state index in [-0.39, 0.29) is 35.3 Å². The SMILES string of the molecule is CCCCCCCCCOS(=O)(=O)CCCCCCCCC.[NaH]. The second-order valence-corrected chi connectivity index (χ2v) is 8.09. The van der Waals surface area contributed by atoms with Crippen LogP contribution in [0.15, 0.2) is 0 Å². The fraction of sp³-hybridized carbons (Fsp3) is 1.00. The van der Waals surface area contributed by atoms with Crippen molar-refractivity contribution in [2.75, 3.05) is 12.4 Å². The van der Waals surface area contributed by atoms with Crippen LogP contribution in [0.3, 0.4) is 0 Å². The molecule has 0 aromatic carbocycles. The Morgan fingerprint density at radius 1 is 0.609 bits per heavy atom. The first-order valence-electron chi connectivity index (χ1n) is 9.49. The van der Waals surface area contributed by atoms with E-state index in [1.807, 2.05) is 0 Å². The van der Waals surface area contributed by atoms with Gasteiger partial charge >= 0.3 is 29.6 Å². The van der Waals surface area contributed by atoms with Crippen LogP contribution in [-0.2, 0) is 14.3 Å². The van der Waals surface area contributed by atoms with Crippen molar-refractivity contribution in [3.8, 4) is 0 Å². The molecule has 3 nitrogen and oxygen atoms in total. The molecule has 0 aliphatic heterocycles. The van der Waals surface area contributed by atoms with Gasteiger partial charge in [-0.25, -0.2) is 0 Å². The monoisotopic (exact) mass is 358 g/mol. The molecule has 0 aromatic heterocycles. The van der Waals surface area contributed by atoms with Gasteiger partial charge < -0.3 is 0 Å². The van der Waals surface area contributed by atoms with Crippen molar-refractivity contribution >= 4 is 39.7 Å². The summed E-state index contributed by atoms with van der Waals surface area (Å²) in [7, 11) is -3.28. The van der Waals surface area contributed by atoms with Crippen LogP contribution in [0.5, 0.6) is 0 Å². The molecule has 0 atom stereocenters. The fourth-order valence-corrected chi connectivity index (χ4v) is 3.59. The second kappa shape index (κ2) is 19.2. The third-order valence-corrected chi connectivity index (χ3v) is 5.32. The second-order valence-electron chi connectivity index (χ2n) is 6.33. The molecule has 0 saturated heterocycles. The van der Waals surface area contributed by atoms with Crippen molar-refractivity contribution < 1.29 is 12.6 Å². The van der Waals surface area contributed by atoms with Crippen LogP contribution in [0.4, 0.5) is 0 Å². The zero-order chi connectivity index (χ0) is 16.5. The molecule has 5 heteroatoms. The number of hydrogen-bond acceptors (Lipinski definition) is 3. The van der Waals surface area contributed by atoms with Gasteiger partial charge in [-0.1, -0.05) is 90.9 Å². The Labute approximate surface area is 167 Å². The Hall–Kier alpha value is 0.910. The van der Waals surface area contributed by atoms with E-state index < -0.39 is 10.1 Å². The third kappa shape index (κ3) is 20.9. The predicted molar refractivity (Wildman–Crippen MR) is 103 cm³/mol. The first-order valence-corrected chi connectivity index (χ1v) is 11.1. The maximum absolute atomic E-state index is 11.7. The maximum atomic E-state index is 11.7. The van der Waals surface area contributed by atoms with Crippen LogP contribution >= 0.6 is 0 Å². The van der Waals surface area contributed by atoms with Crippen LogP contribution < -0.4 is 0 Å². The van der Waals surface area contributed by atoms with Crippen molar-refractivity contribution in [1.82, 2.24) is 0 Å². The van der Waals surface area contributed by atoms with Gasteiger partial charge in [0.15, 0.2) is 0 Å². The van der Waals surface area contributed by atoms with Crippen LogP contribution in [0.1, 0.15) is 104 Å². The summed E-state index contributed by atoms with van der Waals surface area (Å²) in [5.41, 5.74) is 0. The number of unbranched alkanes of at least 4 members (excludes halogenated alkanes) is 12. The van der Waals surface area contributed by atoms with Gasteiger partial charge in [0.2, 0.25) is 0 Å². The molecule has 136 valence electrons. The van der Waals surface area contributed by atoms with E-state index in [1.54, 1.807) is 0 Å². The summed E-state index contributed by atoms with van der Waals surface area (Å²) in [4.78, 5) is 0. The first kappa shape index (κ1) is 26.1. The van der Waals surface area contributed by atoms with Gasteiger partial charge in [0, 0.05) is 0 Å². The Morgan fingerprint density at radius 3 is 1.48 bits per heavy atom. The molecule has 0 aromatic rings. The molecule has 0 rings (SSSR count). The Morgan fingerprint density at radius 2 is 1.00 bits per heavy atom. The minimum atomic E-state index is -3.28. The van der Waals surface area contributed by atoms with Gasteiger partial charge in [0.05, 0.1) is 12.4 Å². The molecule has 0 aliphatic carbocycles. The van der Waals surface area contributed by atoms with Gasteiger partial charge in [-0.15, -0.1) is 0 Å². The number of rotatable bonds is 17. The molecule has 0 amide bonds. The summed E-state index contributed by atoms with van der Waals surface area (Å²) < 4.78 is 28.5. The molecule has 0 fully saturated rings. The topological polar surface area (TPSA) is 43.4 Å². The van der Waals surface area contributed by atoms with E-state index in [0.717, 1.165) is 32.1 Å². The molecule has 0 N–H and O–H groups in total. The molecule has 0 radical (unpaired) electrons. The van der Waals surface area contributed by atoms with E-state index in [9.17, 15) is 8.42 Å². The summed E-state index contributed by atoms with van der Waals surface area (Å²) in [5, 5.41) is 0. The average molecular weight is 359 g/mol. The zero-order valence-electron chi connectivity index (χ0n) is 14.9. The quantitative estimate of drug-likeness (QED) is 0.204. The summed E-state index contributed by atoms with van der Waals surface area (Å²) in [6.07, 6.45) is 16.2. The van der Waals surface area contributed by atoms with Gasteiger partial charge in [0.25, 0.3) is 10.1 Å². The standard InChI is InChI=1S/C18H38O3S.Na.H/c1-3-5-7-9-11-13-15-17-21-22(19,20)18-16-14-12-10-8-6-4-2;;/h3-18H2,1-2H3;;. The molecule has 0 aliphatic rings. The van der Waals surface area contributed by atoms with E-state index in [4.69, 9.17) is 4.18 Å². The summed E-state index contributed by atoms with van der Waals surface area (Å²) >= 11 is 0. The summed E-state index contributed by atoms with van der Waals surface area (Å²) in [6.45, 7) is 4.78. The third-order valence-electron chi connectivity index (χ3n) is 4.01. The zero-order valence-corrected chi connectivity index (χ0v) is 15.8. The normalized spacial score (nSPS) is 11.4. The van der Waals surface area contributed by atoms with E-state index in [2.05, 4.69) is 13.8 Å². The van der Waals surface area contributed by atoms with Crippen molar-refractivity contribution in [2.24, 2.45) is 0 Å². The van der Waals surface area contributed by atoms with Crippen molar-refractivity contribution in [3.63, 3.8) is 0 Å². The van der Waals surface area contributed by atoms with E-state index in [0.29, 0.717) is 6.61 Å². The Bertz CT molecular complexity index is 318. The summed E-state index contributed by atoms with van der Waals surface area (Å²) in [6, 6.07) is 0. The number of hydrogen-bond donors (Lipinski definition) is 0. The molecule has 0 spiro atoms. The van der Waals surface area contributed by atoms with Gasteiger partial charge in [-0.05, 0) is 12.8 Å². The van der Waals surface area contributed by atoms with Gasteiger partial charge in [-0.2, -0.15) is 8.42 Å². The Balaban J connectivity index is 0. The van der Waals surface area contributed by atoms with Gasteiger partial charge in [-0.3, -0.25) is 4.18 Å². The molecular formula is C18H39NaO3S. The first-order chi connectivity index (χ1) is 10.6. The summed E-state index contributed by atoms with van der Waals surface area (Å²) in [5.74, 6) is 0.192. The average Bonchev–Trinajstić information content (AvgIpc) is 2.49. The molecule has 0 saturated carbocycles. The molecule has 0 heterocycles. The van der Waals surface area contributed by atoms with Crippen LogP contribution in [0.2, 0.25) is 0 Å². The van der Waals surface area contributed by atoms with E-state index in [1.165, 1.54) is 57.8 Å². The molecule has 23 heavy (non-hydrogen) atoms. The minimum absolute atomic E-state index is 0. The van der Waals surface area contributed by atoms with E-state index >= 15 is 0 Å². The molecule has 0 unspecified atom stereocenters. The van der Waals surface area contributed by atoms with Crippen LogP contribution in [0, 0.1) is 0 Å². The van der Waals surface area contributed by atoms with Crippen molar-refractivity contribution in [1.29, 1.82) is 0 Å². The Kier molecular flexibility index (Phi) is 21.9. The fourth-order valence-electron chi connectivity index (χ4n) is 2.54. The van der Waals surface area contributed by atoms with Crippen molar-refractivity contribution in [2.45, 2.75) is 104 Å². The predicted octanol–water partition coefficient (Wildman–Crippen LogP) is 5.19. The van der Waals surface area contributed by atoms with Crippen LogP contribution in [-0.4, -0.2) is 50.3 Å². The van der Waals surface area contributed by atoms with Gasteiger partial charge in [0.1, 0.15) is 0 Å². The molecular weight excluding hydrogens is 319 g/mol. The van der Waals surface area contributed by atoms with Crippen LogP contribution in [0.25, 0.3) is 0 Å².